The maximum atomic E-state index is 12.0. The summed E-state index contributed by atoms with van der Waals surface area (Å²) in [5.41, 5.74) is 0.600. The first-order chi connectivity index (χ1) is 12.1. The Hall–Kier alpha value is -2.87. The molecule has 8 heteroatoms. The van der Waals surface area contributed by atoms with Crippen LogP contribution in [0.15, 0.2) is 63.7 Å². The van der Waals surface area contributed by atoms with Crippen LogP contribution in [0.3, 0.4) is 0 Å². The fourth-order valence-corrected chi connectivity index (χ4v) is 2.46. The van der Waals surface area contributed by atoms with Crippen molar-refractivity contribution in [1.82, 2.24) is 9.78 Å². The molecule has 0 radical (unpaired) electrons. The quantitative estimate of drug-likeness (QED) is 0.639. The molecule has 1 N–H and O–H groups in total. The number of amides is 1. The Bertz CT molecular complexity index is 874. The minimum Gasteiger partial charge on any atom is -0.452 e. The van der Waals surface area contributed by atoms with Gasteiger partial charge < -0.3 is 14.5 Å². The zero-order valence-corrected chi connectivity index (χ0v) is 14.6. The van der Waals surface area contributed by atoms with Gasteiger partial charge in [-0.1, -0.05) is 12.1 Å². The van der Waals surface area contributed by atoms with Gasteiger partial charge in [0.2, 0.25) is 5.76 Å². The average Bonchev–Trinajstić information content (AvgIpc) is 3.27. The summed E-state index contributed by atoms with van der Waals surface area (Å²) in [6.07, 6.45) is 3.44. The highest BCUT2D eigenvalue weighted by molar-refractivity contribution is 9.10. The second kappa shape index (κ2) is 7.80. The Labute approximate surface area is 151 Å². The van der Waals surface area contributed by atoms with Gasteiger partial charge in [0, 0.05) is 16.9 Å². The fourth-order valence-electron chi connectivity index (χ4n) is 2.08. The SMILES string of the molecule is O=C(COC(=O)c1ccc(Cn2cccn2)o1)Nc1ccccc1Br. The number of ether oxygens (including phenoxy) is 1. The predicted octanol–water partition coefficient (Wildman–Crippen LogP) is 3.08. The van der Waals surface area contributed by atoms with Gasteiger partial charge in [0.1, 0.15) is 5.76 Å². The molecule has 0 saturated carbocycles. The molecule has 2 aromatic heterocycles. The van der Waals surface area contributed by atoms with Crippen LogP contribution in [0.4, 0.5) is 5.69 Å². The number of furan rings is 1. The number of halogens is 1. The van der Waals surface area contributed by atoms with Crippen molar-refractivity contribution in [2.24, 2.45) is 0 Å². The van der Waals surface area contributed by atoms with Gasteiger partial charge >= 0.3 is 5.97 Å². The highest BCUT2D eigenvalue weighted by Gasteiger charge is 2.15. The lowest BCUT2D eigenvalue weighted by molar-refractivity contribution is -0.119. The first-order valence-electron chi connectivity index (χ1n) is 7.39. The van der Waals surface area contributed by atoms with Gasteiger partial charge in [-0.15, -0.1) is 0 Å². The number of esters is 1. The average molecular weight is 404 g/mol. The van der Waals surface area contributed by atoms with Gasteiger partial charge in [-0.3, -0.25) is 9.48 Å². The van der Waals surface area contributed by atoms with Crippen molar-refractivity contribution in [1.29, 1.82) is 0 Å². The molecule has 25 heavy (non-hydrogen) atoms. The number of aromatic nitrogens is 2. The second-order valence-corrected chi connectivity index (χ2v) is 5.93. The molecule has 0 saturated heterocycles. The van der Waals surface area contributed by atoms with E-state index in [1.807, 2.05) is 6.07 Å². The number of nitrogens with zero attached hydrogens (tertiary/aromatic N) is 2. The van der Waals surface area contributed by atoms with Crippen LogP contribution < -0.4 is 5.32 Å². The highest BCUT2D eigenvalue weighted by atomic mass is 79.9. The van der Waals surface area contributed by atoms with E-state index in [2.05, 4.69) is 26.3 Å². The first kappa shape index (κ1) is 17.0. The molecule has 0 unspecified atom stereocenters. The van der Waals surface area contributed by atoms with E-state index in [-0.39, 0.29) is 5.76 Å². The zero-order valence-electron chi connectivity index (χ0n) is 13.0. The molecule has 1 amide bonds. The summed E-state index contributed by atoms with van der Waals surface area (Å²) in [7, 11) is 0. The van der Waals surface area contributed by atoms with Crippen LogP contribution >= 0.6 is 15.9 Å². The Morgan fingerprint density at radius 1 is 1.20 bits per heavy atom. The van der Waals surface area contributed by atoms with E-state index in [9.17, 15) is 9.59 Å². The smallest absolute Gasteiger partial charge is 0.374 e. The number of anilines is 1. The molecule has 0 aliphatic rings. The van der Waals surface area contributed by atoms with E-state index in [0.717, 1.165) is 4.47 Å². The summed E-state index contributed by atoms with van der Waals surface area (Å²) in [4.78, 5) is 23.8. The van der Waals surface area contributed by atoms with E-state index >= 15 is 0 Å². The van der Waals surface area contributed by atoms with Gasteiger partial charge in [-0.25, -0.2) is 4.79 Å². The molecule has 3 rings (SSSR count). The summed E-state index contributed by atoms with van der Waals surface area (Å²) in [6.45, 7) is -0.00183. The number of hydrogen-bond acceptors (Lipinski definition) is 5. The van der Waals surface area contributed by atoms with Crippen molar-refractivity contribution >= 4 is 33.5 Å². The lowest BCUT2D eigenvalue weighted by Crippen LogP contribution is -2.20. The molecular formula is C17H14BrN3O4. The Morgan fingerprint density at radius 2 is 2.04 bits per heavy atom. The number of carbonyl (C=O) groups is 2. The summed E-state index contributed by atoms with van der Waals surface area (Å²) in [5, 5.41) is 6.70. The maximum absolute atomic E-state index is 12.0. The lowest BCUT2D eigenvalue weighted by atomic mass is 10.3. The van der Waals surface area contributed by atoms with Gasteiger partial charge in [0.05, 0.1) is 12.2 Å². The monoisotopic (exact) mass is 403 g/mol. The van der Waals surface area contributed by atoms with Crippen LogP contribution in [-0.2, 0) is 16.1 Å². The molecule has 2 heterocycles. The Morgan fingerprint density at radius 3 is 2.80 bits per heavy atom. The summed E-state index contributed by atoms with van der Waals surface area (Å²) < 4.78 is 12.8. The topological polar surface area (TPSA) is 86.4 Å². The minimum absolute atomic E-state index is 0.0378. The van der Waals surface area contributed by atoms with Gasteiger partial charge in [-0.2, -0.15) is 5.10 Å². The van der Waals surface area contributed by atoms with Crippen molar-refractivity contribution < 1.29 is 18.7 Å². The number of benzene rings is 1. The van der Waals surface area contributed by atoms with Crippen LogP contribution in [-0.4, -0.2) is 28.3 Å². The molecule has 7 nitrogen and oxygen atoms in total. The van der Waals surface area contributed by atoms with Crippen LogP contribution in [0.1, 0.15) is 16.3 Å². The Balaban J connectivity index is 1.51. The van der Waals surface area contributed by atoms with E-state index in [0.29, 0.717) is 18.0 Å². The normalized spacial score (nSPS) is 10.4. The van der Waals surface area contributed by atoms with Crippen molar-refractivity contribution in [3.8, 4) is 0 Å². The zero-order chi connectivity index (χ0) is 17.6. The summed E-state index contributed by atoms with van der Waals surface area (Å²) in [6, 6.07) is 12.1. The van der Waals surface area contributed by atoms with Crippen molar-refractivity contribution in [2.75, 3.05) is 11.9 Å². The molecule has 0 spiro atoms. The molecule has 128 valence electrons. The highest BCUT2D eigenvalue weighted by Crippen LogP contribution is 2.21. The van der Waals surface area contributed by atoms with Crippen molar-refractivity contribution in [3.63, 3.8) is 0 Å². The lowest BCUT2D eigenvalue weighted by Gasteiger charge is -2.07. The maximum Gasteiger partial charge on any atom is 0.374 e. The van der Waals surface area contributed by atoms with Crippen LogP contribution in [0.5, 0.6) is 0 Å². The van der Waals surface area contributed by atoms with Gasteiger partial charge in [-0.05, 0) is 46.3 Å². The molecule has 1 aromatic carbocycles. The van der Waals surface area contributed by atoms with Gasteiger partial charge in [0.15, 0.2) is 6.61 Å². The molecule has 0 fully saturated rings. The largest absolute Gasteiger partial charge is 0.452 e. The van der Waals surface area contributed by atoms with E-state index < -0.39 is 18.5 Å². The number of rotatable bonds is 6. The van der Waals surface area contributed by atoms with Crippen LogP contribution in [0.2, 0.25) is 0 Å². The van der Waals surface area contributed by atoms with E-state index in [1.54, 1.807) is 47.4 Å². The third kappa shape index (κ3) is 4.57. The number of nitrogens with one attached hydrogen (secondary N) is 1. The number of carbonyl (C=O) groups excluding carboxylic acids is 2. The number of para-hydroxylation sites is 1. The molecule has 0 atom stereocenters. The van der Waals surface area contributed by atoms with E-state index in [4.69, 9.17) is 9.15 Å². The van der Waals surface area contributed by atoms with E-state index in [1.165, 1.54) is 6.07 Å². The molecule has 0 aliphatic heterocycles. The third-order valence-electron chi connectivity index (χ3n) is 3.22. The molecule has 3 aromatic rings. The standard InChI is InChI=1S/C17H14BrN3O4/c18-13-4-1-2-5-14(13)20-16(22)11-24-17(23)15-7-6-12(25-15)10-21-9-3-8-19-21/h1-9H,10-11H2,(H,20,22). The molecular weight excluding hydrogens is 390 g/mol. The van der Waals surface area contributed by atoms with Crippen molar-refractivity contribution in [2.45, 2.75) is 6.54 Å². The van der Waals surface area contributed by atoms with Gasteiger partial charge in [0.25, 0.3) is 5.91 Å². The predicted molar refractivity (Wildman–Crippen MR) is 93.1 cm³/mol. The minimum atomic E-state index is -0.700. The third-order valence-corrected chi connectivity index (χ3v) is 3.91. The Kier molecular flexibility index (Phi) is 5.30. The van der Waals surface area contributed by atoms with Crippen LogP contribution in [0.25, 0.3) is 0 Å². The fraction of sp³-hybridized carbons (Fsp3) is 0.118. The van der Waals surface area contributed by atoms with Crippen LogP contribution in [0, 0.1) is 0 Å². The first-order valence-corrected chi connectivity index (χ1v) is 8.19. The summed E-state index contributed by atoms with van der Waals surface area (Å²) >= 11 is 3.32. The van der Waals surface area contributed by atoms with Crippen molar-refractivity contribution in [3.05, 3.63) is 70.9 Å². The number of hydrogen-bond donors (Lipinski definition) is 1. The molecule has 0 aliphatic carbocycles. The second-order valence-electron chi connectivity index (χ2n) is 5.07. The molecule has 0 bridgehead atoms. The summed E-state index contributed by atoms with van der Waals surface area (Å²) in [5.74, 6) is -0.540.